The third kappa shape index (κ3) is 3.35. The molecule has 0 saturated carbocycles. The molecule has 0 aliphatic rings. The van der Waals surface area contributed by atoms with E-state index in [1.54, 1.807) is 0 Å². The molecular formula is C15H12FNO. The molecule has 0 aromatic heterocycles. The summed E-state index contributed by atoms with van der Waals surface area (Å²) in [5.74, 6) is -0.571. The zero-order valence-electron chi connectivity index (χ0n) is 9.71. The number of aliphatic imine (C=N–C) groups is 1. The molecular weight excluding hydrogens is 229 g/mol. The van der Waals surface area contributed by atoms with Crippen molar-refractivity contribution in [3.05, 3.63) is 71.5 Å². The number of hydrogen-bond donors (Lipinski definition) is 0. The lowest BCUT2D eigenvalue weighted by atomic mass is 10.1. The van der Waals surface area contributed by atoms with Crippen LogP contribution in [0.5, 0.6) is 0 Å². The molecule has 2 aromatic rings. The van der Waals surface area contributed by atoms with Crippen LogP contribution in [0.4, 0.5) is 4.39 Å². The van der Waals surface area contributed by atoms with Crippen LogP contribution in [-0.2, 0) is 6.54 Å². The monoisotopic (exact) mass is 241 g/mol. The Bertz CT molecular complexity index is 546. The average Bonchev–Trinajstić information content (AvgIpc) is 2.40. The van der Waals surface area contributed by atoms with Crippen molar-refractivity contribution in [2.24, 2.45) is 4.99 Å². The molecule has 0 amide bonds. The van der Waals surface area contributed by atoms with Crippen molar-refractivity contribution in [1.82, 2.24) is 0 Å². The Hall–Kier alpha value is -2.29. The molecule has 0 radical (unpaired) electrons. The predicted molar refractivity (Wildman–Crippen MR) is 69.4 cm³/mol. The second kappa shape index (κ2) is 5.87. The highest BCUT2D eigenvalue weighted by Gasteiger charge is 2.01. The normalized spacial score (nSPS) is 10.7. The van der Waals surface area contributed by atoms with Gasteiger partial charge in [-0.05, 0) is 29.8 Å². The Kier molecular flexibility index (Phi) is 3.97. The molecule has 0 aliphatic heterocycles. The van der Waals surface area contributed by atoms with E-state index in [9.17, 15) is 9.18 Å². The molecule has 90 valence electrons. The van der Waals surface area contributed by atoms with Gasteiger partial charge in [0.05, 0.1) is 12.8 Å². The first-order chi connectivity index (χ1) is 8.75. The van der Waals surface area contributed by atoms with Crippen LogP contribution in [0.15, 0.2) is 59.6 Å². The molecule has 0 heterocycles. The molecule has 3 heteroatoms. The molecule has 2 aromatic carbocycles. The summed E-state index contributed by atoms with van der Waals surface area (Å²) in [5, 5.41) is 0. The molecule has 2 nitrogen and oxygen atoms in total. The Morgan fingerprint density at radius 3 is 2.39 bits per heavy atom. The molecule has 0 aliphatic carbocycles. The van der Waals surface area contributed by atoms with Gasteiger partial charge in [-0.1, -0.05) is 30.3 Å². The van der Waals surface area contributed by atoms with Gasteiger partial charge in [-0.25, -0.2) is 4.39 Å². The van der Waals surface area contributed by atoms with Gasteiger partial charge in [0, 0.05) is 5.56 Å². The van der Waals surface area contributed by atoms with Crippen molar-refractivity contribution < 1.29 is 9.18 Å². The lowest BCUT2D eigenvalue weighted by molar-refractivity contribution is 0.107. The number of Topliss-reactive ketones (excluding diaryl/α,β-unsaturated/α-hetero) is 1. The number of nitrogens with zero attached hydrogens (tertiary/aromatic N) is 1. The summed E-state index contributed by atoms with van der Waals surface area (Å²) in [4.78, 5) is 15.7. The second-order valence-corrected chi connectivity index (χ2v) is 3.83. The standard InChI is InChI=1S/C15H12FNO/c16-14-8-6-13(7-9-14)15(18)11-17-10-12-4-2-1-3-5-12/h1-9,11H,10H2. The van der Waals surface area contributed by atoms with Crippen LogP contribution in [0.3, 0.4) is 0 Å². The molecule has 2 rings (SSSR count). The van der Waals surface area contributed by atoms with E-state index in [0.717, 1.165) is 5.56 Å². The van der Waals surface area contributed by atoms with Crippen molar-refractivity contribution in [2.75, 3.05) is 0 Å². The van der Waals surface area contributed by atoms with Crippen molar-refractivity contribution in [2.45, 2.75) is 6.54 Å². The zero-order chi connectivity index (χ0) is 12.8. The quantitative estimate of drug-likeness (QED) is 0.596. The summed E-state index contributed by atoms with van der Waals surface area (Å²) in [6.45, 7) is 0.466. The first-order valence-electron chi connectivity index (χ1n) is 5.59. The molecule has 0 fully saturated rings. The fourth-order valence-corrected chi connectivity index (χ4v) is 1.51. The summed E-state index contributed by atoms with van der Waals surface area (Å²) in [6.07, 6.45) is 1.28. The van der Waals surface area contributed by atoms with Gasteiger partial charge >= 0.3 is 0 Å². The maximum atomic E-state index is 12.7. The Labute approximate surface area is 105 Å². The van der Waals surface area contributed by atoms with Gasteiger partial charge in [-0.2, -0.15) is 0 Å². The molecule has 0 N–H and O–H groups in total. The van der Waals surface area contributed by atoms with Crippen molar-refractivity contribution >= 4 is 12.0 Å². The van der Waals surface area contributed by atoms with Crippen LogP contribution in [0.2, 0.25) is 0 Å². The summed E-state index contributed by atoms with van der Waals surface area (Å²) < 4.78 is 12.7. The largest absolute Gasteiger partial charge is 0.288 e. The number of carbonyl (C=O) groups excluding carboxylic acids is 1. The number of hydrogen-bond acceptors (Lipinski definition) is 2. The number of benzene rings is 2. The summed E-state index contributed by atoms with van der Waals surface area (Å²) in [5.41, 5.74) is 1.48. The average molecular weight is 241 g/mol. The van der Waals surface area contributed by atoms with E-state index in [2.05, 4.69) is 4.99 Å². The molecule has 0 saturated heterocycles. The fourth-order valence-electron chi connectivity index (χ4n) is 1.51. The smallest absolute Gasteiger partial charge is 0.203 e. The van der Waals surface area contributed by atoms with Crippen LogP contribution in [0.25, 0.3) is 0 Å². The first kappa shape index (κ1) is 12.2. The van der Waals surface area contributed by atoms with E-state index in [4.69, 9.17) is 0 Å². The SMILES string of the molecule is O=C(C=NCc1ccccc1)c1ccc(F)cc1. The van der Waals surface area contributed by atoms with Gasteiger partial charge in [0.25, 0.3) is 0 Å². The Morgan fingerprint density at radius 1 is 1.06 bits per heavy atom. The minimum absolute atomic E-state index is 0.217. The van der Waals surface area contributed by atoms with E-state index in [0.29, 0.717) is 12.1 Å². The van der Waals surface area contributed by atoms with E-state index >= 15 is 0 Å². The zero-order valence-corrected chi connectivity index (χ0v) is 9.71. The van der Waals surface area contributed by atoms with E-state index in [1.807, 2.05) is 30.3 Å². The van der Waals surface area contributed by atoms with E-state index in [-0.39, 0.29) is 11.6 Å². The summed E-state index contributed by atoms with van der Waals surface area (Å²) >= 11 is 0. The molecule has 0 atom stereocenters. The van der Waals surface area contributed by atoms with Gasteiger partial charge in [0.15, 0.2) is 0 Å². The van der Waals surface area contributed by atoms with Crippen molar-refractivity contribution in [1.29, 1.82) is 0 Å². The fraction of sp³-hybridized carbons (Fsp3) is 0.0667. The van der Waals surface area contributed by atoms with Gasteiger partial charge < -0.3 is 0 Å². The summed E-state index contributed by atoms with van der Waals surface area (Å²) in [6, 6.07) is 15.1. The molecule has 0 unspecified atom stereocenters. The molecule has 18 heavy (non-hydrogen) atoms. The topological polar surface area (TPSA) is 29.4 Å². The van der Waals surface area contributed by atoms with Crippen LogP contribution >= 0.6 is 0 Å². The van der Waals surface area contributed by atoms with Crippen molar-refractivity contribution in [3.63, 3.8) is 0 Å². The van der Waals surface area contributed by atoms with Crippen LogP contribution in [-0.4, -0.2) is 12.0 Å². The van der Waals surface area contributed by atoms with Crippen molar-refractivity contribution in [3.8, 4) is 0 Å². The molecule has 0 bridgehead atoms. The van der Waals surface area contributed by atoms with Crippen LogP contribution in [0.1, 0.15) is 15.9 Å². The van der Waals surface area contributed by atoms with E-state index in [1.165, 1.54) is 30.5 Å². The molecule has 0 spiro atoms. The third-order valence-electron chi connectivity index (χ3n) is 2.45. The maximum absolute atomic E-state index is 12.7. The number of rotatable bonds is 4. The predicted octanol–water partition coefficient (Wildman–Crippen LogP) is 3.28. The first-order valence-corrected chi connectivity index (χ1v) is 5.59. The van der Waals surface area contributed by atoms with Crippen LogP contribution < -0.4 is 0 Å². The third-order valence-corrected chi connectivity index (χ3v) is 2.45. The lowest BCUT2D eigenvalue weighted by Crippen LogP contribution is -2.00. The maximum Gasteiger partial charge on any atom is 0.203 e. The van der Waals surface area contributed by atoms with Gasteiger partial charge in [-0.15, -0.1) is 0 Å². The lowest BCUT2D eigenvalue weighted by Gasteiger charge is -1.96. The number of halogens is 1. The van der Waals surface area contributed by atoms with Crippen LogP contribution in [0, 0.1) is 5.82 Å². The van der Waals surface area contributed by atoms with E-state index < -0.39 is 0 Å². The summed E-state index contributed by atoms with van der Waals surface area (Å²) in [7, 11) is 0. The number of ketones is 1. The highest BCUT2D eigenvalue weighted by atomic mass is 19.1. The Morgan fingerprint density at radius 2 is 1.72 bits per heavy atom. The highest BCUT2D eigenvalue weighted by Crippen LogP contribution is 2.03. The van der Waals surface area contributed by atoms with Gasteiger partial charge in [0.2, 0.25) is 5.78 Å². The van der Waals surface area contributed by atoms with Gasteiger partial charge in [0.1, 0.15) is 5.82 Å². The Balaban J connectivity index is 1.97. The second-order valence-electron chi connectivity index (χ2n) is 3.83. The minimum Gasteiger partial charge on any atom is -0.288 e. The van der Waals surface area contributed by atoms with Gasteiger partial charge in [-0.3, -0.25) is 9.79 Å². The highest BCUT2D eigenvalue weighted by molar-refractivity contribution is 6.35. The number of carbonyl (C=O) groups is 1. The minimum atomic E-state index is -0.354.